The lowest BCUT2D eigenvalue weighted by Crippen LogP contribution is -2.23. The SMILES string of the molecule is CC(=O)O[C@H]1CCN(c2ccc(C[B]OCN)cc2)C1. The van der Waals surface area contributed by atoms with Crippen molar-refractivity contribution in [2.45, 2.75) is 25.8 Å². The van der Waals surface area contributed by atoms with Crippen LogP contribution in [0.25, 0.3) is 0 Å². The second-order valence-corrected chi connectivity index (χ2v) is 4.84. The maximum Gasteiger partial charge on any atom is 0.302 e. The van der Waals surface area contributed by atoms with E-state index in [0.717, 1.165) is 31.5 Å². The van der Waals surface area contributed by atoms with Crippen LogP contribution in [0.1, 0.15) is 18.9 Å². The molecule has 1 aliphatic heterocycles. The number of hydrogen-bond donors (Lipinski definition) is 1. The van der Waals surface area contributed by atoms with Crippen molar-refractivity contribution in [1.82, 2.24) is 0 Å². The van der Waals surface area contributed by atoms with Gasteiger partial charge in [0.15, 0.2) is 0 Å². The molecule has 0 unspecified atom stereocenters. The Morgan fingerprint density at radius 1 is 1.45 bits per heavy atom. The second kappa shape index (κ2) is 7.31. The number of nitrogens with two attached hydrogens (primary N) is 1. The third-order valence-electron chi connectivity index (χ3n) is 3.31. The van der Waals surface area contributed by atoms with Crippen molar-refractivity contribution in [1.29, 1.82) is 0 Å². The van der Waals surface area contributed by atoms with E-state index in [1.807, 2.05) is 0 Å². The normalized spacial score (nSPS) is 18.1. The predicted octanol–water partition coefficient (Wildman–Crippen LogP) is 0.880. The van der Waals surface area contributed by atoms with Gasteiger partial charge in [-0.05, 0) is 18.5 Å². The van der Waals surface area contributed by atoms with E-state index in [9.17, 15) is 4.79 Å². The summed E-state index contributed by atoms with van der Waals surface area (Å²) in [6, 6.07) is 8.32. The molecule has 2 rings (SSSR count). The van der Waals surface area contributed by atoms with Gasteiger partial charge in [0, 0.05) is 25.6 Å². The number of carbonyl (C=O) groups is 1. The summed E-state index contributed by atoms with van der Waals surface area (Å²) in [4.78, 5) is 13.2. The van der Waals surface area contributed by atoms with E-state index >= 15 is 0 Å². The molecule has 6 heteroatoms. The van der Waals surface area contributed by atoms with E-state index in [1.165, 1.54) is 12.5 Å². The van der Waals surface area contributed by atoms with Crippen LogP contribution in [0.15, 0.2) is 24.3 Å². The Kier molecular flexibility index (Phi) is 5.44. The summed E-state index contributed by atoms with van der Waals surface area (Å²) in [5.41, 5.74) is 7.59. The Hall–Kier alpha value is -1.53. The molecule has 1 fully saturated rings. The molecule has 1 aromatic carbocycles. The Balaban J connectivity index is 1.86. The molecule has 1 radical (unpaired) electrons. The van der Waals surface area contributed by atoms with E-state index < -0.39 is 0 Å². The van der Waals surface area contributed by atoms with Gasteiger partial charge in [0.2, 0.25) is 0 Å². The molecule has 1 aromatic rings. The zero-order chi connectivity index (χ0) is 14.4. The average molecular weight is 275 g/mol. The van der Waals surface area contributed by atoms with Gasteiger partial charge in [-0.3, -0.25) is 4.79 Å². The van der Waals surface area contributed by atoms with E-state index in [1.54, 1.807) is 7.48 Å². The van der Waals surface area contributed by atoms with E-state index in [4.69, 9.17) is 15.1 Å². The van der Waals surface area contributed by atoms with Crippen molar-refractivity contribution in [2.75, 3.05) is 24.7 Å². The van der Waals surface area contributed by atoms with Crippen molar-refractivity contribution in [3.8, 4) is 0 Å². The third kappa shape index (κ3) is 4.25. The van der Waals surface area contributed by atoms with Crippen LogP contribution in [0, 0.1) is 0 Å². The fourth-order valence-electron chi connectivity index (χ4n) is 2.36. The van der Waals surface area contributed by atoms with Crippen LogP contribution in [-0.2, 0) is 20.5 Å². The lowest BCUT2D eigenvalue weighted by atomic mass is 9.89. The van der Waals surface area contributed by atoms with Crippen molar-refractivity contribution >= 4 is 19.1 Å². The minimum atomic E-state index is -0.206. The summed E-state index contributed by atoms with van der Waals surface area (Å²) >= 11 is 0. The third-order valence-corrected chi connectivity index (χ3v) is 3.31. The van der Waals surface area contributed by atoms with Crippen LogP contribution in [-0.4, -0.2) is 39.4 Å². The molecule has 0 aliphatic carbocycles. The zero-order valence-electron chi connectivity index (χ0n) is 11.7. The first-order chi connectivity index (χ1) is 9.69. The van der Waals surface area contributed by atoms with Gasteiger partial charge >= 0.3 is 5.97 Å². The number of nitrogens with zero attached hydrogens (tertiary/aromatic N) is 1. The summed E-state index contributed by atoms with van der Waals surface area (Å²) in [6.45, 7) is 3.35. The molecule has 1 saturated heterocycles. The fraction of sp³-hybridized carbons (Fsp3) is 0.500. The Bertz CT molecular complexity index is 439. The monoisotopic (exact) mass is 275 g/mol. The maximum absolute atomic E-state index is 10.9. The van der Waals surface area contributed by atoms with Gasteiger partial charge in [-0.15, -0.1) is 0 Å². The highest BCUT2D eigenvalue weighted by Gasteiger charge is 2.24. The number of carbonyl (C=O) groups excluding carboxylic acids is 1. The largest absolute Gasteiger partial charge is 0.461 e. The van der Waals surface area contributed by atoms with Crippen molar-refractivity contribution in [3.63, 3.8) is 0 Å². The summed E-state index contributed by atoms with van der Waals surface area (Å²) in [5, 5.41) is 0. The standard InChI is InChI=1S/C14H20BN2O3/c1-11(18)20-14-6-7-17(9-14)13-4-2-12(3-5-13)8-15-19-10-16/h2-5,14H,6-10,16H2,1H3/t14-/m0/s1. The number of rotatable bonds is 6. The van der Waals surface area contributed by atoms with Crippen molar-refractivity contribution in [2.24, 2.45) is 5.73 Å². The molecule has 0 amide bonds. The quantitative estimate of drug-likeness (QED) is 0.361. The van der Waals surface area contributed by atoms with Crippen LogP contribution >= 0.6 is 0 Å². The molecule has 5 nitrogen and oxygen atoms in total. The number of anilines is 1. The van der Waals surface area contributed by atoms with Gasteiger partial charge < -0.3 is 20.0 Å². The summed E-state index contributed by atoms with van der Waals surface area (Å²) in [5.74, 6) is -0.206. The van der Waals surface area contributed by atoms with Gasteiger partial charge in [0.05, 0.1) is 13.3 Å². The first-order valence-corrected chi connectivity index (χ1v) is 6.83. The fourth-order valence-corrected chi connectivity index (χ4v) is 2.36. The van der Waals surface area contributed by atoms with E-state index in [0.29, 0.717) is 0 Å². The number of ether oxygens (including phenoxy) is 1. The smallest absolute Gasteiger partial charge is 0.302 e. The minimum absolute atomic E-state index is 0.0125. The summed E-state index contributed by atoms with van der Waals surface area (Å²) in [7, 11) is 1.71. The lowest BCUT2D eigenvalue weighted by Gasteiger charge is -2.18. The van der Waals surface area contributed by atoms with E-state index in [2.05, 4.69) is 29.2 Å². The molecule has 0 saturated carbocycles. The van der Waals surface area contributed by atoms with Crippen LogP contribution in [0.4, 0.5) is 5.69 Å². The van der Waals surface area contributed by atoms with Crippen LogP contribution in [0.3, 0.4) is 0 Å². The number of hydrogen-bond acceptors (Lipinski definition) is 5. The summed E-state index contributed by atoms with van der Waals surface area (Å²) < 4.78 is 10.3. The molecular formula is C14H20BN2O3. The maximum atomic E-state index is 10.9. The molecule has 1 heterocycles. The Morgan fingerprint density at radius 3 is 2.85 bits per heavy atom. The van der Waals surface area contributed by atoms with Crippen LogP contribution in [0.5, 0.6) is 0 Å². The second-order valence-electron chi connectivity index (χ2n) is 4.84. The molecule has 0 bridgehead atoms. The van der Waals surface area contributed by atoms with Gasteiger partial charge in [0.25, 0.3) is 7.48 Å². The molecule has 1 aliphatic rings. The average Bonchev–Trinajstić information content (AvgIpc) is 2.87. The molecule has 1 atom stereocenters. The van der Waals surface area contributed by atoms with Gasteiger partial charge in [-0.1, -0.05) is 17.7 Å². The zero-order valence-corrected chi connectivity index (χ0v) is 11.7. The van der Waals surface area contributed by atoms with Crippen LogP contribution in [0.2, 0.25) is 0 Å². The highest BCUT2D eigenvalue weighted by Crippen LogP contribution is 2.22. The van der Waals surface area contributed by atoms with E-state index in [-0.39, 0.29) is 18.8 Å². The van der Waals surface area contributed by atoms with Crippen molar-refractivity contribution < 1.29 is 14.2 Å². The van der Waals surface area contributed by atoms with Gasteiger partial charge in [-0.2, -0.15) is 0 Å². The molecular weight excluding hydrogens is 255 g/mol. The lowest BCUT2D eigenvalue weighted by molar-refractivity contribution is -0.145. The first kappa shape index (κ1) is 14.9. The molecule has 0 aromatic heterocycles. The minimum Gasteiger partial charge on any atom is -0.461 e. The highest BCUT2D eigenvalue weighted by molar-refractivity contribution is 6.26. The topological polar surface area (TPSA) is 64.8 Å². The van der Waals surface area contributed by atoms with Gasteiger partial charge in [0.1, 0.15) is 6.10 Å². The predicted molar refractivity (Wildman–Crippen MR) is 78.4 cm³/mol. The summed E-state index contributed by atoms with van der Waals surface area (Å²) in [6.07, 6.45) is 1.64. The number of esters is 1. The number of benzene rings is 1. The van der Waals surface area contributed by atoms with Crippen LogP contribution < -0.4 is 10.6 Å². The molecule has 20 heavy (non-hydrogen) atoms. The van der Waals surface area contributed by atoms with Gasteiger partial charge in [-0.25, -0.2) is 0 Å². The highest BCUT2D eigenvalue weighted by atomic mass is 16.5. The Morgan fingerprint density at radius 2 is 2.20 bits per heavy atom. The Labute approximate surface area is 120 Å². The van der Waals surface area contributed by atoms with Crippen molar-refractivity contribution in [3.05, 3.63) is 29.8 Å². The molecule has 2 N–H and O–H groups in total. The first-order valence-electron chi connectivity index (χ1n) is 6.83. The molecule has 0 spiro atoms. The molecule has 107 valence electrons.